The number of H-pyrrole nitrogens is 1. The first kappa shape index (κ1) is 17.7. The minimum Gasteiger partial charge on any atom is -0.367 e. The van der Waals surface area contributed by atoms with Crippen molar-refractivity contribution in [1.82, 2.24) is 20.2 Å². The molecule has 0 bridgehead atoms. The highest BCUT2D eigenvalue weighted by Gasteiger charge is 2.32. The van der Waals surface area contributed by atoms with Gasteiger partial charge in [-0.25, -0.2) is 0 Å². The highest BCUT2D eigenvalue weighted by Crippen LogP contribution is 2.16. The van der Waals surface area contributed by atoms with Gasteiger partial charge in [-0.05, 0) is 17.7 Å². The number of hydrogen-bond acceptors (Lipinski definition) is 4. The number of nitrogens with zero attached hydrogens (tertiary/aromatic N) is 2. The number of amides is 3. The Labute approximate surface area is 151 Å². The molecular formula is C18H21N5O3. The maximum atomic E-state index is 12.5. The van der Waals surface area contributed by atoms with Gasteiger partial charge in [0.2, 0.25) is 11.8 Å². The van der Waals surface area contributed by atoms with Crippen LogP contribution in [0.25, 0.3) is 0 Å². The van der Waals surface area contributed by atoms with E-state index in [-0.39, 0.29) is 23.8 Å². The lowest BCUT2D eigenvalue weighted by molar-refractivity contribution is -0.122. The number of anilines is 1. The van der Waals surface area contributed by atoms with E-state index in [2.05, 4.69) is 20.6 Å². The third-order valence-corrected chi connectivity index (χ3v) is 4.15. The summed E-state index contributed by atoms with van der Waals surface area (Å²) in [5, 5.41) is 5.60. The second-order valence-corrected chi connectivity index (χ2v) is 6.23. The molecule has 1 aliphatic heterocycles. The van der Waals surface area contributed by atoms with E-state index >= 15 is 0 Å². The Balaban J connectivity index is 1.49. The van der Waals surface area contributed by atoms with E-state index in [0.29, 0.717) is 37.2 Å². The molecular weight excluding hydrogens is 334 g/mol. The van der Waals surface area contributed by atoms with Gasteiger partial charge in [-0.15, -0.1) is 0 Å². The van der Waals surface area contributed by atoms with E-state index in [0.717, 1.165) is 5.56 Å². The number of carbonyl (C=O) groups is 3. The van der Waals surface area contributed by atoms with Gasteiger partial charge in [0, 0.05) is 38.1 Å². The lowest BCUT2D eigenvalue weighted by atomic mass is 10.1. The van der Waals surface area contributed by atoms with Crippen LogP contribution in [0.2, 0.25) is 0 Å². The average molecular weight is 355 g/mol. The molecule has 0 spiro atoms. The molecule has 26 heavy (non-hydrogen) atoms. The Hall–Kier alpha value is -3.16. The molecule has 3 N–H and O–H groups in total. The van der Waals surface area contributed by atoms with Crippen molar-refractivity contribution in [3.05, 3.63) is 48.0 Å². The van der Waals surface area contributed by atoms with Crippen molar-refractivity contribution in [2.24, 2.45) is 0 Å². The molecule has 3 rings (SSSR count). The van der Waals surface area contributed by atoms with Gasteiger partial charge in [0.25, 0.3) is 5.91 Å². The lowest BCUT2D eigenvalue weighted by Gasteiger charge is -2.39. The highest BCUT2D eigenvalue weighted by molar-refractivity contribution is 5.97. The van der Waals surface area contributed by atoms with Crippen LogP contribution in [0.4, 0.5) is 5.69 Å². The fourth-order valence-electron chi connectivity index (χ4n) is 2.73. The van der Waals surface area contributed by atoms with Gasteiger partial charge < -0.3 is 20.5 Å². The molecule has 0 aliphatic carbocycles. The van der Waals surface area contributed by atoms with Gasteiger partial charge in [0.05, 0.1) is 29.9 Å². The molecule has 3 heterocycles. The Morgan fingerprint density at radius 2 is 2.08 bits per heavy atom. The van der Waals surface area contributed by atoms with Crippen molar-refractivity contribution in [3.8, 4) is 0 Å². The second kappa shape index (κ2) is 7.81. The summed E-state index contributed by atoms with van der Waals surface area (Å²) in [5.41, 5.74) is 1.84. The summed E-state index contributed by atoms with van der Waals surface area (Å²) < 4.78 is 0. The molecule has 1 aliphatic rings. The average Bonchev–Trinajstić information content (AvgIpc) is 3.10. The van der Waals surface area contributed by atoms with Crippen LogP contribution in [0, 0.1) is 0 Å². The van der Waals surface area contributed by atoms with Crippen LogP contribution in [0.1, 0.15) is 29.3 Å². The zero-order valence-corrected chi connectivity index (χ0v) is 14.5. The molecule has 8 heteroatoms. The monoisotopic (exact) mass is 355 g/mol. The van der Waals surface area contributed by atoms with Crippen LogP contribution in [-0.4, -0.2) is 51.7 Å². The van der Waals surface area contributed by atoms with Crippen LogP contribution in [0.3, 0.4) is 0 Å². The van der Waals surface area contributed by atoms with Crippen LogP contribution in [-0.2, 0) is 16.0 Å². The summed E-state index contributed by atoms with van der Waals surface area (Å²) in [4.78, 5) is 44.4. The quantitative estimate of drug-likeness (QED) is 0.717. The third kappa shape index (κ3) is 4.27. The van der Waals surface area contributed by atoms with Crippen molar-refractivity contribution >= 4 is 23.4 Å². The molecule has 0 radical (unpaired) electrons. The van der Waals surface area contributed by atoms with Gasteiger partial charge in [0.15, 0.2) is 0 Å². The van der Waals surface area contributed by atoms with E-state index in [9.17, 15) is 14.4 Å². The third-order valence-electron chi connectivity index (χ3n) is 4.15. The second-order valence-electron chi connectivity index (χ2n) is 6.23. The number of aromatic nitrogens is 2. The molecule has 0 atom stereocenters. The number of rotatable bonds is 6. The summed E-state index contributed by atoms with van der Waals surface area (Å²) in [6, 6.07) is 3.43. The topological polar surface area (TPSA) is 107 Å². The first-order valence-electron chi connectivity index (χ1n) is 8.50. The molecule has 136 valence electrons. The standard InChI is InChI=1S/C18H21N5O3/c1-2-16(24)21-14-6-13(8-20-9-14)18(26)23-10-15(11-23)22-17(25)5-12-3-4-19-7-12/h3-4,6-9,15,19H,2,5,10-11H2,1H3,(H,21,24)(H,22,25). The summed E-state index contributed by atoms with van der Waals surface area (Å²) in [5.74, 6) is -0.362. The van der Waals surface area contributed by atoms with E-state index < -0.39 is 0 Å². The smallest absolute Gasteiger partial charge is 0.255 e. The number of hydrogen-bond donors (Lipinski definition) is 3. The van der Waals surface area contributed by atoms with Crippen LogP contribution in [0.5, 0.6) is 0 Å². The minimum absolute atomic E-state index is 0.0404. The van der Waals surface area contributed by atoms with Gasteiger partial charge in [-0.2, -0.15) is 0 Å². The van der Waals surface area contributed by atoms with Gasteiger partial charge in [0.1, 0.15) is 0 Å². The Bertz CT molecular complexity index is 797. The van der Waals surface area contributed by atoms with E-state index in [1.165, 1.54) is 12.4 Å². The van der Waals surface area contributed by atoms with Crippen molar-refractivity contribution in [2.45, 2.75) is 25.8 Å². The number of nitrogens with one attached hydrogen (secondary N) is 3. The lowest BCUT2D eigenvalue weighted by Crippen LogP contribution is -2.61. The van der Waals surface area contributed by atoms with Crippen LogP contribution < -0.4 is 10.6 Å². The Morgan fingerprint density at radius 3 is 2.77 bits per heavy atom. The normalized spacial score (nSPS) is 13.8. The van der Waals surface area contributed by atoms with Crippen LogP contribution >= 0.6 is 0 Å². The predicted octanol–water partition coefficient (Wildman–Crippen LogP) is 0.941. The van der Waals surface area contributed by atoms with E-state index in [1.54, 1.807) is 30.3 Å². The van der Waals surface area contributed by atoms with Gasteiger partial charge >= 0.3 is 0 Å². The van der Waals surface area contributed by atoms with Crippen molar-refractivity contribution in [1.29, 1.82) is 0 Å². The largest absolute Gasteiger partial charge is 0.367 e. The number of carbonyl (C=O) groups excluding carboxylic acids is 3. The zero-order valence-electron chi connectivity index (χ0n) is 14.5. The molecule has 1 fully saturated rings. The molecule has 0 saturated carbocycles. The minimum atomic E-state index is -0.166. The summed E-state index contributed by atoms with van der Waals surface area (Å²) in [7, 11) is 0. The summed E-state index contributed by atoms with van der Waals surface area (Å²) in [6.45, 7) is 2.68. The Kier molecular flexibility index (Phi) is 5.31. The SMILES string of the molecule is CCC(=O)Nc1cncc(C(=O)N2CC(NC(=O)Cc3cc[nH]c3)C2)c1. The van der Waals surface area contributed by atoms with Crippen molar-refractivity contribution in [2.75, 3.05) is 18.4 Å². The summed E-state index contributed by atoms with van der Waals surface area (Å²) in [6.07, 6.45) is 7.21. The summed E-state index contributed by atoms with van der Waals surface area (Å²) >= 11 is 0. The van der Waals surface area contributed by atoms with Crippen molar-refractivity contribution in [3.63, 3.8) is 0 Å². The fraction of sp³-hybridized carbons (Fsp3) is 0.333. The number of pyridine rings is 1. The molecule has 2 aromatic heterocycles. The van der Waals surface area contributed by atoms with E-state index in [4.69, 9.17) is 0 Å². The molecule has 3 amide bonds. The molecule has 2 aromatic rings. The maximum absolute atomic E-state index is 12.5. The van der Waals surface area contributed by atoms with Gasteiger partial charge in [-0.1, -0.05) is 6.92 Å². The van der Waals surface area contributed by atoms with E-state index in [1.807, 2.05) is 6.07 Å². The van der Waals surface area contributed by atoms with Gasteiger partial charge in [-0.3, -0.25) is 19.4 Å². The molecule has 0 unspecified atom stereocenters. The molecule has 8 nitrogen and oxygen atoms in total. The van der Waals surface area contributed by atoms with Crippen LogP contribution in [0.15, 0.2) is 36.9 Å². The molecule has 1 saturated heterocycles. The first-order valence-corrected chi connectivity index (χ1v) is 8.50. The fourth-order valence-corrected chi connectivity index (χ4v) is 2.73. The molecule has 0 aromatic carbocycles. The number of aromatic amines is 1. The predicted molar refractivity (Wildman–Crippen MR) is 95.5 cm³/mol. The van der Waals surface area contributed by atoms with Crippen molar-refractivity contribution < 1.29 is 14.4 Å². The maximum Gasteiger partial charge on any atom is 0.255 e. The highest BCUT2D eigenvalue weighted by atomic mass is 16.2. The Morgan fingerprint density at radius 1 is 1.27 bits per heavy atom. The first-order chi connectivity index (χ1) is 12.5. The number of likely N-dealkylation sites (tertiary alicyclic amines) is 1. The zero-order chi connectivity index (χ0) is 18.5.